The maximum absolute atomic E-state index is 12.3. The lowest BCUT2D eigenvalue weighted by Crippen LogP contribution is -2.53. The molecule has 0 N–H and O–H groups in total. The third-order valence-corrected chi connectivity index (χ3v) is 5.77. The molecule has 5 aliphatic rings. The van der Waals surface area contributed by atoms with E-state index >= 15 is 0 Å². The van der Waals surface area contributed by atoms with Crippen LogP contribution in [-0.4, -0.2) is 49.3 Å². The third-order valence-electron chi connectivity index (χ3n) is 5.77. The number of carbonyl (C=O) groups is 1. The summed E-state index contributed by atoms with van der Waals surface area (Å²) in [4.78, 5) is 14.5. The molecule has 0 unspecified atom stereocenters. The summed E-state index contributed by atoms with van der Waals surface area (Å²) in [6.45, 7) is 3.65. The minimum absolute atomic E-state index is 0.00569. The summed E-state index contributed by atoms with van der Waals surface area (Å²) in [6, 6.07) is 0. The lowest BCUT2D eigenvalue weighted by atomic mass is 9.54. The number of carbonyl (C=O) groups excluding carboxylic acids is 1. The Morgan fingerprint density at radius 3 is 2.15 bits per heavy atom. The van der Waals surface area contributed by atoms with Crippen LogP contribution in [0.4, 0.5) is 0 Å². The van der Waals surface area contributed by atoms with Gasteiger partial charge in [0.2, 0.25) is 0 Å². The van der Waals surface area contributed by atoms with E-state index in [4.69, 9.17) is 9.47 Å². The number of nitrogens with zero attached hydrogens (tertiary/aromatic N) is 1. The van der Waals surface area contributed by atoms with E-state index in [-0.39, 0.29) is 11.6 Å². The third kappa shape index (κ3) is 2.48. The highest BCUT2D eigenvalue weighted by Gasteiger charge is 2.53. The van der Waals surface area contributed by atoms with E-state index in [1.165, 1.54) is 19.3 Å². The molecule has 4 nitrogen and oxygen atoms in total. The molecule has 4 heteroatoms. The van der Waals surface area contributed by atoms with E-state index in [1.807, 2.05) is 0 Å². The van der Waals surface area contributed by atoms with Crippen LogP contribution in [0.5, 0.6) is 0 Å². The molecule has 0 aromatic carbocycles. The number of hydrogen-bond donors (Lipinski definition) is 0. The van der Waals surface area contributed by atoms with Crippen molar-refractivity contribution in [2.75, 3.05) is 32.8 Å². The normalized spacial score (nSPS) is 43.7. The van der Waals surface area contributed by atoms with Gasteiger partial charge in [0.15, 0.2) is 0 Å². The molecule has 1 aliphatic heterocycles. The van der Waals surface area contributed by atoms with Crippen LogP contribution in [-0.2, 0) is 14.3 Å². The Bertz CT molecular complexity index is 354. The van der Waals surface area contributed by atoms with Gasteiger partial charge in [-0.15, -0.1) is 0 Å². The van der Waals surface area contributed by atoms with Gasteiger partial charge in [0, 0.05) is 13.1 Å². The fraction of sp³-hybridized carbons (Fsp3) is 0.938. The molecule has 5 rings (SSSR count). The monoisotopic (exact) mass is 279 g/mol. The van der Waals surface area contributed by atoms with Crippen molar-refractivity contribution >= 4 is 5.97 Å². The maximum atomic E-state index is 12.3. The molecule has 0 spiro atoms. The Labute approximate surface area is 120 Å². The van der Waals surface area contributed by atoms with Gasteiger partial charge < -0.3 is 9.47 Å². The lowest BCUT2D eigenvalue weighted by molar-refractivity contribution is -0.188. The zero-order valence-electron chi connectivity index (χ0n) is 12.2. The van der Waals surface area contributed by atoms with Gasteiger partial charge >= 0.3 is 5.97 Å². The topological polar surface area (TPSA) is 38.8 Å². The number of hydrogen-bond acceptors (Lipinski definition) is 4. The summed E-state index contributed by atoms with van der Waals surface area (Å²) in [5.74, 6) is 2.49. The van der Waals surface area contributed by atoms with Crippen molar-refractivity contribution in [3.05, 3.63) is 0 Å². The molecule has 20 heavy (non-hydrogen) atoms. The Morgan fingerprint density at radius 1 is 1.05 bits per heavy atom. The molecule has 4 aliphatic carbocycles. The van der Waals surface area contributed by atoms with Crippen molar-refractivity contribution in [3.63, 3.8) is 0 Å². The van der Waals surface area contributed by atoms with Crippen LogP contribution >= 0.6 is 0 Å². The van der Waals surface area contributed by atoms with Crippen LogP contribution in [0.15, 0.2) is 0 Å². The first-order valence-corrected chi connectivity index (χ1v) is 8.23. The van der Waals surface area contributed by atoms with Gasteiger partial charge in [-0.05, 0) is 56.3 Å². The van der Waals surface area contributed by atoms with Crippen molar-refractivity contribution < 1.29 is 14.3 Å². The van der Waals surface area contributed by atoms with E-state index in [2.05, 4.69) is 4.90 Å². The average molecular weight is 279 g/mol. The highest BCUT2D eigenvalue weighted by atomic mass is 16.6. The fourth-order valence-corrected chi connectivity index (χ4v) is 5.37. The summed E-state index contributed by atoms with van der Waals surface area (Å²) >= 11 is 0. The molecule has 4 bridgehead atoms. The van der Waals surface area contributed by atoms with Crippen LogP contribution in [0.25, 0.3) is 0 Å². The summed E-state index contributed by atoms with van der Waals surface area (Å²) in [6.07, 6.45) is 7.57. The first kappa shape index (κ1) is 13.1. The van der Waals surface area contributed by atoms with Gasteiger partial charge in [-0.2, -0.15) is 0 Å². The highest BCUT2D eigenvalue weighted by molar-refractivity contribution is 5.72. The molecule has 0 aromatic heterocycles. The van der Waals surface area contributed by atoms with E-state index in [1.54, 1.807) is 0 Å². The minimum atomic E-state index is -0.0852. The molecular weight excluding hydrogens is 254 g/mol. The van der Waals surface area contributed by atoms with E-state index in [9.17, 15) is 4.79 Å². The fourth-order valence-electron chi connectivity index (χ4n) is 5.37. The predicted molar refractivity (Wildman–Crippen MR) is 74.3 cm³/mol. The summed E-state index contributed by atoms with van der Waals surface area (Å²) < 4.78 is 11.4. The predicted octanol–water partition coefficient (Wildman–Crippen LogP) is 1.83. The van der Waals surface area contributed by atoms with Crippen LogP contribution < -0.4 is 0 Å². The Kier molecular flexibility index (Phi) is 3.26. The Morgan fingerprint density at radius 2 is 1.60 bits per heavy atom. The van der Waals surface area contributed by atoms with E-state index in [0.717, 1.165) is 63.3 Å². The smallest absolute Gasteiger partial charge is 0.320 e. The van der Waals surface area contributed by atoms with Crippen LogP contribution in [0.1, 0.15) is 38.5 Å². The van der Waals surface area contributed by atoms with Gasteiger partial charge in [-0.25, -0.2) is 0 Å². The molecule has 112 valence electrons. The van der Waals surface area contributed by atoms with Crippen molar-refractivity contribution in [2.24, 2.45) is 17.8 Å². The highest BCUT2D eigenvalue weighted by Crippen LogP contribution is 2.57. The van der Waals surface area contributed by atoms with Gasteiger partial charge in [0.25, 0.3) is 0 Å². The number of rotatable bonds is 3. The van der Waals surface area contributed by atoms with Crippen molar-refractivity contribution in [3.8, 4) is 0 Å². The van der Waals surface area contributed by atoms with Crippen LogP contribution in [0, 0.1) is 17.8 Å². The second-order valence-corrected chi connectivity index (χ2v) is 7.46. The second kappa shape index (κ2) is 4.99. The average Bonchev–Trinajstić information content (AvgIpc) is 2.37. The number of ether oxygens (including phenoxy) is 2. The zero-order valence-corrected chi connectivity index (χ0v) is 12.2. The molecule has 0 aromatic rings. The lowest BCUT2D eigenvalue weighted by Gasteiger charge is -2.55. The van der Waals surface area contributed by atoms with E-state index < -0.39 is 0 Å². The molecule has 5 fully saturated rings. The van der Waals surface area contributed by atoms with Gasteiger partial charge in [0.1, 0.15) is 5.60 Å². The second-order valence-electron chi connectivity index (χ2n) is 7.46. The molecule has 1 heterocycles. The SMILES string of the molecule is O=C(CN1CCOCC1)OC12CC3CC(CC(C3)C1)C2. The summed E-state index contributed by atoms with van der Waals surface area (Å²) in [5, 5.41) is 0. The van der Waals surface area contributed by atoms with Crippen LogP contribution in [0.3, 0.4) is 0 Å². The molecule has 1 saturated heterocycles. The Balaban J connectivity index is 1.37. The van der Waals surface area contributed by atoms with Crippen molar-refractivity contribution in [1.29, 1.82) is 0 Å². The number of morpholine rings is 1. The number of esters is 1. The van der Waals surface area contributed by atoms with Gasteiger partial charge in [0.05, 0.1) is 19.8 Å². The van der Waals surface area contributed by atoms with Crippen molar-refractivity contribution in [2.45, 2.75) is 44.1 Å². The van der Waals surface area contributed by atoms with Gasteiger partial charge in [-0.3, -0.25) is 9.69 Å². The van der Waals surface area contributed by atoms with Crippen LogP contribution in [0.2, 0.25) is 0 Å². The Hall–Kier alpha value is -0.610. The summed E-state index contributed by atoms with van der Waals surface area (Å²) in [5.41, 5.74) is -0.0852. The standard InChI is InChI=1S/C16H25NO3/c18-15(11-17-1-3-19-4-2-17)20-16-8-12-5-13(9-16)7-14(6-12)10-16/h12-14H,1-11H2. The minimum Gasteiger partial charge on any atom is -0.458 e. The first-order valence-electron chi connectivity index (χ1n) is 8.23. The molecule has 4 saturated carbocycles. The molecular formula is C16H25NO3. The molecule has 0 radical (unpaired) electrons. The molecule has 0 atom stereocenters. The van der Waals surface area contributed by atoms with Crippen molar-refractivity contribution in [1.82, 2.24) is 4.90 Å². The largest absolute Gasteiger partial charge is 0.458 e. The maximum Gasteiger partial charge on any atom is 0.320 e. The van der Waals surface area contributed by atoms with Gasteiger partial charge in [-0.1, -0.05) is 0 Å². The summed E-state index contributed by atoms with van der Waals surface area (Å²) in [7, 11) is 0. The van der Waals surface area contributed by atoms with E-state index in [0.29, 0.717) is 6.54 Å². The first-order chi connectivity index (χ1) is 9.71. The quantitative estimate of drug-likeness (QED) is 0.739. The zero-order chi connectivity index (χ0) is 13.6. The molecule has 0 amide bonds.